The topological polar surface area (TPSA) is 90.4 Å². The van der Waals surface area contributed by atoms with Crippen molar-refractivity contribution in [1.82, 2.24) is 0 Å². The second-order valence-corrected chi connectivity index (χ2v) is 4.42. The van der Waals surface area contributed by atoms with Gasteiger partial charge in [-0.25, -0.2) is 0 Å². The molecule has 0 aliphatic heterocycles. The number of nitro benzene ring substituents is 1. The Morgan fingerprint density at radius 1 is 1.56 bits per heavy atom. The molecule has 0 amide bonds. The minimum atomic E-state index is -0.450. The molecule has 0 saturated heterocycles. The summed E-state index contributed by atoms with van der Waals surface area (Å²) >= 11 is 0. The second kappa shape index (κ2) is 5.22. The van der Waals surface area contributed by atoms with Crippen molar-refractivity contribution in [3.8, 4) is 0 Å². The summed E-state index contributed by atoms with van der Waals surface area (Å²) in [5.74, 6) is 0. The lowest BCUT2D eigenvalue weighted by atomic mass is 9.89. The number of rotatable bonds is 5. The van der Waals surface area contributed by atoms with Crippen LogP contribution in [-0.2, 0) is 4.74 Å². The number of ether oxygens (including phenoxy) is 1. The van der Waals surface area contributed by atoms with Gasteiger partial charge in [0.15, 0.2) is 0 Å². The number of non-ortho nitro benzene ring substituents is 1. The molecule has 0 aromatic heterocycles. The van der Waals surface area contributed by atoms with E-state index in [0.29, 0.717) is 17.8 Å². The van der Waals surface area contributed by atoms with Crippen LogP contribution in [0.15, 0.2) is 18.2 Å². The molecular weight excluding hydrogens is 234 g/mol. The molecule has 6 heteroatoms. The Labute approximate surface area is 105 Å². The first-order valence-corrected chi connectivity index (χ1v) is 6.02. The lowest BCUT2D eigenvalue weighted by molar-refractivity contribution is -0.384. The third kappa shape index (κ3) is 2.70. The van der Waals surface area contributed by atoms with Crippen molar-refractivity contribution >= 4 is 17.1 Å². The minimum Gasteiger partial charge on any atom is -0.397 e. The predicted octanol–water partition coefficient (Wildman–Crippen LogP) is 2.16. The SMILES string of the molecule is CCOC1CC(Nc2ccc([N+](=O)[O-])cc2N)C1. The van der Waals surface area contributed by atoms with Gasteiger partial charge in [-0.1, -0.05) is 0 Å². The molecule has 2 rings (SSSR count). The summed E-state index contributed by atoms with van der Waals surface area (Å²) in [6, 6.07) is 4.82. The summed E-state index contributed by atoms with van der Waals surface area (Å²) < 4.78 is 5.47. The molecule has 0 bridgehead atoms. The van der Waals surface area contributed by atoms with Crippen molar-refractivity contribution in [1.29, 1.82) is 0 Å². The molecule has 0 atom stereocenters. The predicted molar refractivity (Wildman–Crippen MR) is 69.6 cm³/mol. The van der Waals surface area contributed by atoms with Crippen molar-refractivity contribution in [3.05, 3.63) is 28.3 Å². The van der Waals surface area contributed by atoms with Gasteiger partial charge in [-0.15, -0.1) is 0 Å². The first kappa shape index (κ1) is 12.6. The molecule has 1 aromatic carbocycles. The largest absolute Gasteiger partial charge is 0.397 e. The molecule has 1 saturated carbocycles. The summed E-state index contributed by atoms with van der Waals surface area (Å²) in [5, 5.41) is 13.9. The molecule has 0 spiro atoms. The molecule has 0 unspecified atom stereocenters. The summed E-state index contributed by atoms with van der Waals surface area (Å²) in [6.45, 7) is 2.71. The van der Waals surface area contributed by atoms with Gasteiger partial charge in [-0.2, -0.15) is 0 Å². The summed E-state index contributed by atoms with van der Waals surface area (Å²) in [6.07, 6.45) is 2.22. The number of anilines is 2. The van der Waals surface area contributed by atoms with Gasteiger partial charge in [0, 0.05) is 24.8 Å². The van der Waals surface area contributed by atoms with E-state index in [1.165, 1.54) is 12.1 Å². The average Bonchev–Trinajstić information content (AvgIpc) is 2.28. The molecule has 98 valence electrons. The molecule has 1 aliphatic rings. The zero-order chi connectivity index (χ0) is 13.1. The Balaban J connectivity index is 1.93. The number of nitrogen functional groups attached to an aromatic ring is 1. The van der Waals surface area contributed by atoms with Gasteiger partial charge in [0.05, 0.1) is 22.4 Å². The standard InChI is InChI=1S/C12H17N3O3/c1-2-18-10-5-8(6-10)14-12-4-3-9(15(16)17)7-11(12)13/h3-4,7-8,10,14H,2,5-6,13H2,1H3. The number of nitrogens with two attached hydrogens (primary N) is 1. The first-order chi connectivity index (χ1) is 8.60. The Kier molecular flexibility index (Phi) is 3.66. The smallest absolute Gasteiger partial charge is 0.271 e. The molecule has 18 heavy (non-hydrogen) atoms. The van der Waals surface area contributed by atoms with E-state index >= 15 is 0 Å². The second-order valence-electron chi connectivity index (χ2n) is 4.42. The van der Waals surface area contributed by atoms with Gasteiger partial charge in [0.25, 0.3) is 5.69 Å². The van der Waals surface area contributed by atoms with Crippen molar-refractivity contribution in [2.24, 2.45) is 0 Å². The van der Waals surface area contributed by atoms with Crippen LogP contribution in [0.3, 0.4) is 0 Å². The van der Waals surface area contributed by atoms with E-state index in [1.54, 1.807) is 6.07 Å². The third-order valence-electron chi connectivity index (χ3n) is 3.10. The van der Waals surface area contributed by atoms with Crippen LogP contribution in [0.2, 0.25) is 0 Å². The highest BCUT2D eigenvalue weighted by Gasteiger charge is 2.29. The molecule has 0 radical (unpaired) electrons. The number of hydrogen-bond donors (Lipinski definition) is 2. The maximum Gasteiger partial charge on any atom is 0.271 e. The monoisotopic (exact) mass is 251 g/mol. The zero-order valence-corrected chi connectivity index (χ0v) is 10.3. The van der Waals surface area contributed by atoms with Crippen LogP contribution in [0.25, 0.3) is 0 Å². The quantitative estimate of drug-likeness (QED) is 0.475. The van der Waals surface area contributed by atoms with E-state index < -0.39 is 4.92 Å². The van der Waals surface area contributed by atoms with Gasteiger partial charge in [-0.05, 0) is 25.8 Å². The van der Waals surface area contributed by atoms with Crippen LogP contribution in [0.4, 0.5) is 17.1 Å². The highest BCUT2D eigenvalue weighted by Crippen LogP contribution is 2.30. The molecular formula is C12H17N3O3. The Hall–Kier alpha value is -1.82. The lowest BCUT2D eigenvalue weighted by Gasteiger charge is -2.36. The van der Waals surface area contributed by atoms with Crippen LogP contribution in [0.5, 0.6) is 0 Å². The van der Waals surface area contributed by atoms with Gasteiger partial charge in [0.2, 0.25) is 0 Å². The van der Waals surface area contributed by atoms with Crippen molar-refractivity contribution in [2.45, 2.75) is 31.9 Å². The van der Waals surface area contributed by atoms with E-state index in [4.69, 9.17) is 10.5 Å². The van der Waals surface area contributed by atoms with Gasteiger partial charge in [-0.3, -0.25) is 10.1 Å². The zero-order valence-electron chi connectivity index (χ0n) is 10.3. The Bertz CT molecular complexity index is 444. The number of nitrogens with one attached hydrogen (secondary N) is 1. The van der Waals surface area contributed by atoms with Gasteiger partial charge in [0.1, 0.15) is 0 Å². The summed E-state index contributed by atoms with van der Waals surface area (Å²) in [5.41, 5.74) is 6.95. The summed E-state index contributed by atoms with van der Waals surface area (Å²) in [4.78, 5) is 10.1. The molecule has 0 heterocycles. The first-order valence-electron chi connectivity index (χ1n) is 6.02. The summed E-state index contributed by atoms with van der Waals surface area (Å²) in [7, 11) is 0. The fraction of sp³-hybridized carbons (Fsp3) is 0.500. The van der Waals surface area contributed by atoms with Crippen LogP contribution in [0, 0.1) is 10.1 Å². The van der Waals surface area contributed by atoms with E-state index in [9.17, 15) is 10.1 Å². The average molecular weight is 251 g/mol. The van der Waals surface area contributed by atoms with E-state index in [2.05, 4.69) is 5.32 Å². The Morgan fingerprint density at radius 3 is 2.83 bits per heavy atom. The van der Waals surface area contributed by atoms with Crippen molar-refractivity contribution in [3.63, 3.8) is 0 Å². The molecule has 1 aliphatic carbocycles. The normalized spacial score (nSPS) is 22.3. The fourth-order valence-corrected chi connectivity index (χ4v) is 2.07. The molecule has 1 fully saturated rings. The van der Waals surface area contributed by atoms with Gasteiger partial charge >= 0.3 is 0 Å². The molecule has 1 aromatic rings. The third-order valence-corrected chi connectivity index (χ3v) is 3.10. The highest BCUT2D eigenvalue weighted by molar-refractivity contribution is 5.69. The maximum atomic E-state index is 10.6. The number of benzene rings is 1. The van der Waals surface area contributed by atoms with E-state index in [-0.39, 0.29) is 5.69 Å². The van der Waals surface area contributed by atoms with Crippen LogP contribution in [-0.4, -0.2) is 23.7 Å². The van der Waals surface area contributed by atoms with Crippen LogP contribution >= 0.6 is 0 Å². The Morgan fingerprint density at radius 2 is 2.28 bits per heavy atom. The minimum absolute atomic E-state index is 0.0128. The maximum absolute atomic E-state index is 10.6. The van der Waals surface area contributed by atoms with Crippen LogP contribution in [0.1, 0.15) is 19.8 Å². The number of nitrogens with zero attached hydrogens (tertiary/aromatic N) is 1. The van der Waals surface area contributed by atoms with E-state index in [1.807, 2.05) is 6.92 Å². The van der Waals surface area contributed by atoms with Crippen LogP contribution < -0.4 is 11.1 Å². The highest BCUT2D eigenvalue weighted by atomic mass is 16.6. The number of hydrogen-bond acceptors (Lipinski definition) is 5. The van der Waals surface area contributed by atoms with Gasteiger partial charge < -0.3 is 15.8 Å². The lowest BCUT2D eigenvalue weighted by Crippen LogP contribution is -2.40. The van der Waals surface area contributed by atoms with Crippen molar-refractivity contribution < 1.29 is 9.66 Å². The van der Waals surface area contributed by atoms with Crippen molar-refractivity contribution in [2.75, 3.05) is 17.7 Å². The van der Waals surface area contributed by atoms with E-state index in [0.717, 1.165) is 25.1 Å². The molecule has 3 N–H and O–H groups in total. The molecule has 6 nitrogen and oxygen atoms in total. The number of nitro groups is 1. The fourth-order valence-electron chi connectivity index (χ4n) is 2.07.